The number of hydrogen-bond acceptors (Lipinski definition) is 4. The lowest BCUT2D eigenvalue weighted by Gasteiger charge is -2.14. The largest absolute Gasteiger partial charge is 0.494 e. The Kier molecular flexibility index (Phi) is 3.38. The van der Waals surface area contributed by atoms with Gasteiger partial charge in [-0.3, -0.25) is 14.6 Å². The number of nitrogens with one attached hydrogen (secondary N) is 2. The zero-order valence-electron chi connectivity index (χ0n) is 9.90. The average Bonchev–Trinajstić information content (AvgIpc) is 3.06. The molecular formula is C12H16N2O4. The Balaban J connectivity index is 1.98. The van der Waals surface area contributed by atoms with Crippen molar-refractivity contribution in [1.82, 2.24) is 10.3 Å². The molecule has 0 radical (unpaired) electrons. The highest BCUT2D eigenvalue weighted by molar-refractivity contribution is 5.94. The lowest BCUT2D eigenvalue weighted by atomic mass is 10.0. The fourth-order valence-electron chi connectivity index (χ4n) is 1.96. The second-order valence-corrected chi connectivity index (χ2v) is 4.77. The van der Waals surface area contributed by atoms with E-state index in [1.165, 1.54) is 6.07 Å². The predicted octanol–water partition coefficient (Wildman–Crippen LogP) is -0.0271. The normalized spacial score (nSPS) is 16.3. The highest BCUT2D eigenvalue weighted by Gasteiger charge is 2.41. The first-order valence-corrected chi connectivity index (χ1v) is 5.87. The summed E-state index contributed by atoms with van der Waals surface area (Å²) in [6.45, 7) is 0.599. The van der Waals surface area contributed by atoms with Gasteiger partial charge in [-0.1, -0.05) is 0 Å². The van der Waals surface area contributed by atoms with Gasteiger partial charge in [-0.05, 0) is 24.7 Å². The van der Waals surface area contributed by atoms with Crippen molar-refractivity contribution in [3.05, 3.63) is 28.0 Å². The molecule has 98 valence electrons. The fraction of sp³-hybridized carbons (Fsp3) is 0.500. The third kappa shape index (κ3) is 2.89. The summed E-state index contributed by atoms with van der Waals surface area (Å²) in [6, 6.07) is 2.35. The topological polar surface area (TPSA) is 102 Å². The van der Waals surface area contributed by atoms with Crippen molar-refractivity contribution in [3.8, 4) is 5.88 Å². The van der Waals surface area contributed by atoms with E-state index < -0.39 is 5.56 Å². The summed E-state index contributed by atoms with van der Waals surface area (Å²) >= 11 is 0. The number of amides is 1. The van der Waals surface area contributed by atoms with E-state index in [1.54, 1.807) is 0 Å². The molecule has 1 aliphatic carbocycles. The first kappa shape index (κ1) is 12.6. The number of carbonyl (C=O) groups excluding carboxylic acids is 1. The number of aliphatic hydroxyl groups excluding tert-OH is 1. The first-order valence-electron chi connectivity index (χ1n) is 5.87. The van der Waals surface area contributed by atoms with Crippen molar-refractivity contribution >= 4 is 5.91 Å². The molecule has 0 saturated heterocycles. The molecule has 0 aromatic carbocycles. The van der Waals surface area contributed by atoms with Gasteiger partial charge in [0.25, 0.3) is 11.5 Å². The number of pyridine rings is 1. The van der Waals surface area contributed by atoms with Crippen molar-refractivity contribution < 1.29 is 15.0 Å². The molecule has 2 rings (SSSR count). The van der Waals surface area contributed by atoms with Gasteiger partial charge in [-0.15, -0.1) is 0 Å². The van der Waals surface area contributed by atoms with Crippen LogP contribution in [0.15, 0.2) is 16.9 Å². The maximum Gasteiger partial charge on any atom is 0.251 e. The van der Waals surface area contributed by atoms with Crippen LogP contribution in [0.25, 0.3) is 0 Å². The SMILES string of the molecule is O=C(NCC1(CCO)CC1)c1cc(O)[nH]c(=O)c1. The van der Waals surface area contributed by atoms with E-state index in [0.29, 0.717) is 13.0 Å². The number of aromatic nitrogens is 1. The van der Waals surface area contributed by atoms with Crippen LogP contribution in [0.3, 0.4) is 0 Å². The molecule has 1 aromatic heterocycles. The van der Waals surface area contributed by atoms with Gasteiger partial charge >= 0.3 is 0 Å². The number of aromatic amines is 1. The molecule has 0 spiro atoms. The van der Waals surface area contributed by atoms with Crippen LogP contribution in [0, 0.1) is 5.41 Å². The maximum atomic E-state index is 11.8. The zero-order chi connectivity index (χ0) is 13.2. The van der Waals surface area contributed by atoms with Crippen LogP contribution in [-0.4, -0.2) is 34.3 Å². The smallest absolute Gasteiger partial charge is 0.251 e. The summed E-state index contributed by atoms with van der Waals surface area (Å²) in [6.07, 6.45) is 2.66. The van der Waals surface area contributed by atoms with Crippen LogP contribution in [0.2, 0.25) is 0 Å². The van der Waals surface area contributed by atoms with Crippen molar-refractivity contribution in [2.24, 2.45) is 5.41 Å². The van der Waals surface area contributed by atoms with Gasteiger partial charge in [0.1, 0.15) is 0 Å². The van der Waals surface area contributed by atoms with Crippen LogP contribution in [0.1, 0.15) is 29.6 Å². The van der Waals surface area contributed by atoms with Gasteiger partial charge < -0.3 is 15.5 Å². The molecule has 0 unspecified atom stereocenters. The molecule has 1 amide bonds. The van der Waals surface area contributed by atoms with Crippen molar-refractivity contribution in [2.45, 2.75) is 19.3 Å². The summed E-state index contributed by atoms with van der Waals surface area (Å²) in [5.74, 6) is -0.718. The number of hydrogen-bond donors (Lipinski definition) is 4. The van der Waals surface area contributed by atoms with Gasteiger partial charge in [0.05, 0.1) is 5.56 Å². The summed E-state index contributed by atoms with van der Waals surface area (Å²) < 4.78 is 0. The Bertz CT molecular complexity index is 505. The first-order chi connectivity index (χ1) is 8.54. The Morgan fingerprint density at radius 3 is 2.72 bits per heavy atom. The van der Waals surface area contributed by atoms with Crippen LogP contribution < -0.4 is 10.9 Å². The average molecular weight is 252 g/mol. The number of H-pyrrole nitrogens is 1. The predicted molar refractivity (Wildman–Crippen MR) is 64.4 cm³/mol. The van der Waals surface area contributed by atoms with E-state index in [4.69, 9.17) is 5.11 Å². The molecule has 6 nitrogen and oxygen atoms in total. The van der Waals surface area contributed by atoms with Gasteiger partial charge in [0.15, 0.2) is 5.88 Å². The number of aromatic hydroxyl groups is 1. The molecule has 1 saturated carbocycles. The van der Waals surface area contributed by atoms with Crippen molar-refractivity contribution in [3.63, 3.8) is 0 Å². The van der Waals surface area contributed by atoms with E-state index in [2.05, 4.69) is 10.3 Å². The molecule has 0 bridgehead atoms. The maximum absolute atomic E-state index is 11.8. The van der Waals surface area contributed by atoms with Crippen LogP contribution >= 0.6 is 0 Å². The second-order valence-electron chi connectivity index (χ2n) is 4.77. The molecule has 1 aromatic rings. The van der Waals surface area contributed by atoms with Gasteiger partial charge in [-0.25, -0.2) is 0 Å². The summed E-state index contributed by atoms with van der Waals surface area (Å²) in [5.41, 5.74) is -0.360. The van der Waals surface area contributed by atoms with Crippen molar-refractivity contribution in [1.29, 1.82) is 0 Å². The molecule has 1 fully saturated rings. The van der Waals surface area contributed by atoms with Crippen molar-refractivity contribution in [2.75, 3.05) is 13.2 Å². The zero-order valence-corrected chi connectivity index (χ0v) is 9.90. The summed E-state index contributed by atoms with van der Waals surface area (Å²) in [7, 11) is 0. The Morgan fingerprint density at radius 2 is 2.17 bits per heavy atom. The minimum Gasteiger partial charge on any atom is -0.494 e. The Hall–Kier alpha value is -1.82. The third-order valence-electron chi connectivity index (χ3n) is 3.32. The number of carbonyl (C=O) groups is 1. The van der Waals surface area contributed by atoms with E-state index >= 15 is 0 Å². The monoisotopic (exact) mass is 252 g/mol. The molecule has 1 aliphatic rings. The minimum atomic E-state index is -0.517. The highest BCUT2D eigenvalue weighted by Crippen LogP contribution is 2.47. The number of aliphatic hydroxyl groups is 1. The number of rotatable bonds is 5. The molecule has 6 heteroatoms. The van der Waals surface area contributed by atoms with E-state index in [0.717, 1.165) is 18.9 Å². The Morgan fingerprint density at radius 1 is 1.44 bits per heavy atom. The fourth-order valence-corrected chi connectivity index (χ4v) is 1.96. The van der Waals surface area contributed by atoms with Crippen LogP contribution in [0.4, 0.5) is 0 Å². The Labute approximate surface area is 104 Å². The standard InChI is InChI=1S/C12H16N2O4/c15-4-3-12(1-2-12)7-13-11(18)8-5-9(16)14-10(17)6-8/h5-6,15H,1-4,7H2,(H,13,18)(H2,14,16,17). The third-order valence-corrected chi connectivity index (χ3v) is 3.32. The van der Waals surface area contributed by atoms with Crippen LogP contribution in [-0.2, 0) is 0 Å². The van der Waals surface area contributed by atoms with Gasteiger partial charge in [0.2, 0.25) is 0 Å². The summed E-state index contributed by atoms with van der Waals surface area (Å²) in [5, 5.41) is 20.8. The second kappa shape index (κ2) is 4.81. The highest BCUT2D eigenvalue weighted by atomic mass is 16.3. The molecule has 1 heterocycles. The molecule has 18 heavy (non-hydrogen) atoms. The van der Waals surface area contributed by atoms with E-state index in [1.807, 2.05) is 0 Å². The molecule has 0 aliphatic heterocycles. The summed E-state index contributed by atoms with van der Waals surface area (Å²) in [4.78, 5) is 25.1. The van der Waals surface area contributed by atoms with Crippen LogP contribution in [0.5, 0.6) is 5.88 Å². The van der Waals surface area contributed by atoms with E-state index in [9.17, 15) is 14.7 Å². The molecule has 0 atom stereocenters. The molecule has 4 N–H and O–H groups in total. The minimum absolute atomic E-state index is 0.0215. The lowest BCUT2D eigenvalue weighted by molar-refractivity contribution is 0.0940. The van der Waals surface area contributed by atoms with E-state index in [-0.39, 0.29) is 29.4 Å². The lowest BCUT2D eigenvalue weighted by Crippen LogP contribution is -2.31. The molecular weight excluding hydrogens is 236 g/mol. The quantitative estimate of drug-likeness (QED) is 0.591. The van der Waals surface area contributed by atoms with Gasteiger partial charge in [-0.2, -0.15) is 0 Å². The van der Waals surface area contributed by atoms with Gasteiger partial charge in [0, 0.05) is 25.3 Å².